The molecule has 0 aromatic carbocycles. The molecule has 3 heterocycles. The van der Waals surface area contributed by atoms with Gasteiger partial charge in [-0.2, -0.15) is 0 Å². The zero-order valence-corrected chi connectivity index (χ0v) is 6.86. The zero-order valence-electron chi connectivity index (χ0n) is 6.86. The van der Waals surface area contributed by atoms with Crippen molar-refractivity contribution in [2.24, 2.45) is 0 Å². The molecule has 0 aliphatic carbocycles. The van der Waals surface area contributed by atoms with Gasteiger partial charge in [0.25, 0.3) is 0 Å². The van der Waals surface area contributed by atoms with E-state index < -0.39 is 0 Å². The molecule has 0 fully saturated rings. The second-order valence-corrected chi connectivity index (χ2v) is 3.18. The fraction of sp³-hybridized carbons (Fsp3) is 0.222. The molecule has 3 heteroatoms. The number of imidazole rings is 1. The smallest absolute Gasteiger partial charge is 0.138 e. The van der Waals surface area contributed by atoms with Crippen LogP contribution in [0.5, 0.6) is 0 Å². The van der Waals surface area contributed by atoms with Crippen molar-refractivity contribution >= 4 is 11.5 Å². The van der Waals surface area contributed by atoms with Crippen molar-refractivity contribution < 1.29 is 0 Å². The molecule has 0 atom stereocenters. The molecule has 3 rings (SSSR count). The van der Waals surface area contributed by atoms with Crippen LogP contribution in [-0.2, 0) is 6.54 Å². The topological polar surface area (TPSA) is 20.5 Å². The van der Waals surface area contributed by atoms with Gasteiger partial charge in [0.05, 0.1) is 18.4 Å². The molecule has 0 saturated carbocycles. The summed E-state index contributed by atoms with van der Waals surface area (Å²) in [6.45, 7) is 0.973. The number of hydrogen-bond donors (Lipinski definition) is 0. The predicted molar refractivity (Wildman–Crippen MR) is 47.3 cm³/mol. The molecule has 0 amide bonds. The van der Waals surface area contributed by atoms with Crippen LogP contribution in [0.15, 0.2) is 24.4 Å². The Morgan fingerprint density at radius 2 is 2.33 bits per heavy atom. The summed E-state index contributed by atoms with van der Waals surface area (Å²) in [5.74, 6) is 1.24. The van der Waals surface area contributed by atoms with E-state index in [0.717, 1.165) is 12.2 Å². The molecular weight excluding hydrogens is 150 g/mol. The van der Waals surface area contributed by atoms with Crippen molar-refractivity contribution in [3.05, 3.63) is 30.1 Å². The Labute approximate surface area is 70.3 Å². The summed E-state index contributed by atoms with van der Waals surface area (Å²) in [5.41, 5.74) is 2.33. The average molecular weight is 159 g/mol. The number of rotatable bonds is 0. The molecule has 0 bridgehead atoms. The third-order valence-corrected chi connectivity index (χ3v) is 2.37. The first-order valence-electron chi connectivity index (χ1n) is 4.03. The first-order valence-corrected chi connectivity index (χ1v) is 4.03. The van der Waals surface area contributed by atoms with Crippen molar-refractivity contribution in [3.63, 3.8) is 0 Å². The summed E-state index contributed by atoms with van der Waals surface area (Å²) < 4.78 is 2.19. The highest BCUT2D eigenvalue weighted by Gasteiger charge is 2.17. The fourth-order valence-corrected chi connectivity index (χ4v) is 1.81. The van der Waals surface area contributed by atoms with Crippen molar-refractivity contribution in [2.45, 2.75) is 6.54 Å². The predicted octanol–water partition coefficient (Wildman–Crippen LogP) is 1.28. The lowest BCUT2D eigenvalue weighted by Gasteiger charge is -2.10. The van der Waals surface area contributed by atoms with E-state index >= 15 is 0 Å². The third kappa shape index (κ3) is 0.548. The van der Waals surface area contributed by atoms with E-state index in [4.69, 9.17) is 0 Å². The van der Waals surface area contributed by atoms with E-state index in [0.29, 0.717) is 0 Å². The van der Waals surface area contributed by atoms with E-state index in [1.54, 1.807) is 0 Å². The van der Waals surface area contributed by atoms with Crippen molar-refractivity contribution in [1.82, 2.24) is 9.38 Å². The standard InChI is InChI=1S/C9H9N3/c1-11-6-7-5-10-8-3-2-4-9(11)12(7)8/h2-5H,6H2,1H3. The van der Waals surface area contributed by atoms with Crippen LogP contribution in [0.4, 0.5) is 5.82 Å². The Morgan fingerprint density at radius 3 is 3.25 bits per heavy atom. The fourth-order valence-electron chi connectivity index (χ4n) is 1.81. The van der Waals surface area contributed by atoms with E-state index in [-0.39, 0.29) is 0 Å². The number of anilines is 1. The summed E-state index contributed by atoms with van der Waals surface area (Å²) in [4.78, 5) is 6.53. The summed E-state index contributed by atoms with van der Waals surface area (Å²) in [5, 5.41) is 0. The number of pyridine rings is 1. The lowest BCUT2D eigenvalue weighted by molar-refractivity contribution is 0.962. The highest BCUT2D eigenvalue weighted by molar-refractivity contribution is 5.56. The first-order chi connectivity index (χ1) is 5.86. The van der Waals surface area contributed by atoms with Crippen LogP contribution in [0.3, 0.4) is 0 Å². The molecule has 0 N–H and O–H groups in total. The van der Waals surface area contributed by atoms with Gasteiger partial charge < -0.3 is 4.90 Å². The molecule has 1 aliphatic rings. The lowest BCUT2D eigenvalue weighted by atomic mass is 10.4. The molecule has 1 aliphatic heterocycles. The maximum atomic E-state index is 4.30. The Morgan fingerprint density at radius 1 is 1.42 bits per heavy atom. The quantitative estimate of drug-likeness (QED) is 0.577. The van der Waals surface area contributed by atoms with E-state index in [1.807, 2.05) is 18.3 Å². The zero-order chi connectivity index (χ0) is 8.13. The second-order valence-electron chi connectivity index (χ2n) is 3.18. The van der Waals surface area contributed by atoms with Gasteiger partial charge in [-0.05, 0) is 12.1 Å². The van der Waals surface area contributed by atoms with Crippen LogP contribution in [0, 0.1) is 0 Å². The van der Waals surface area contributed by atoms with Crippen LogP contribution >= 0.6 is 0 Å². The summed E-state index contributed by atoms with van der Waals surface area (Å²) in [6, 6.07) is 6.20. The molecule has 60 valence electrons. The summed E-state index contributed by atoms with van der Waals surface area (Å²) in [7, 11) is 2.10. The van der Waals surface area contributed by atoms with Gasteiger partial charge >= 0.3 is 0 Å². The average Bonchev–Trinajstić information content (AvgIpc) is 2.61. The lowest BCUT2D eigenvalue weighted by Crippen LogP contribution is -2.10. The van der Waals surface area contributed by atoms with Gasteiger partial charge in [0.2, 0.25) is 0 Å². The van der Waals surface area contributed by atoms with Gasteiger partial charge in [-0.25, -0.2) is 4.98 Å². The number of aromatic nitrogens is 2. The highest BCUT2D eigenvalue weighted by Crippen LogP contribution is 2.25. The Kier molecular flexibility index (Phi) is 0.909. The summed E-state index contributed by atoms with van der Waals surface area (Å²) in [6.07, 6.45) is 1.95. The van der Waals surface area contributed by atoms with Crippen LogP contribution in [0.2, 0.25) is 0 Å². The van der Waals surface area contributed by atoms with Gasteiger partial charge in [0.15, 0.2) is 0 Å². The minimum Gasteiger partial charge on any atom is -0.355 e. The van der Waals surface area contributed by atoms with E-state index in [9.17, 15) is 0 Å². The van der Waals surface area contributed by atoms with Crippen LogP contribution in [0.1, 0.15) is 5.69 Å². The van der Waals surface area contributed by atoms with Crippen LogP contribution in [-0.4, -0.2) is 16.4 Å². The van der Waals surface area contributed by atoms with E-state index in [1.165, 1.54) is 11.5 Å². The second kappa shape index (κ2) is 1.80. The van der Waals surface area contributed by atoms with Gasteiger partial charge in [-0.15, -0.1) is 0 Å². The molecule has 0 saturated heterocycles. The van der Waals surface area contributed by atoms with Crippen LogP contribution < -0.4 is 4.90 Å². The molecule has 12 heavy (non-hydrogen) atoms. The number of hydrogen-bond acceptors (Lipinski definition) is 2. The molecule has 0 spiro atoms. The highest BCUT2D eigenvalue weighted by atomic mass is 15.3. The molecule has 2 aromatic rings. The van der Waals surface area contributed by atoms with Crippen molar-refractivity contribution in [1.29, 1.82) is 0 Å². The maximum absolute atomic E-state index is 4.30. The molecule has 2 aromatic heterocycles. The minimum atomic E-state index is 0.973. The van der Waals surface area contributed by atoms with Crippen molar-refractivity contribution in [3.8, 4) is 0 Å². The van der Waals surface area contributed by atoms with Gasteiger partial charge in [-0.1, -0.05) is 6.07 Å². The largest absolute Gasteiger partial charge is 0.355 e. The van der Waals surface area contributed by atoms with Crippen LogP contribution in [0.25, 0.3) is 5.65 Å². The SMILES string of the molecule is CN1Cc2cnc3cccc1n23. The first kappa shape index (κ1) is 6.06. The van der Waals surface area contributed by atoms with Crippen molar-refractivity contribution in [2.75, 3.05) is 11.9 Å². The Hall–Kier alpha value is -1.51. The van der Waals surface area contributed by atoms with Gasteiger partial charge in [0.1, 0.15) is 11.5 Å². The molecule has 3 nitrogen and oxygen atoms in total. The Balaban J connectivity index is 2.52. The van der Waals surface area contributed by atoms with Gasteiger partial charge in [0, 0.05) is 7.05 Å². The molecule has 0 unspecified atom stereocenters. The number of nitrogens with zero attached hydrogens (tertiary/aromatic N) is 3. The maximum Gasteiger partial charge on any atom is 0.138 e. The minimum absolute atomic E-state index is 0.973. The monoisotopic (exact) mass is 159 g/mol. The van der Waals surface area contributed by atoms with Gasteiger partial charge in [-0.3, -0.25) is 4.40 Å². The Bertz CT molecular complexity index is 444. The van der Waals surface area contributed by atoms with E-state index in [2.05, 4.69) is 27.4 Å². The normalized spacial score (nSPS) is 14.6. The molecular formula is C9H9N3. The summed E-state index contributed by atoms with van der Waals surface area (Å²) >= 11 is 0. The molecule has 0 radical (unpaired) electrons. The third-order valence-electron chi connectivity index (χ3n) is 2.37.